The molecule has 1 atom stereocenters. The SMILES string of the molecule is COCc1cc(O)c(C(C)CN)cc1Cl. The first-order chi connectivity index (χ1) is 7.10. The number of ether oxygens (including phenoxy) is 1. The topological polar surface area (TPSA) is 55.5 Å². The van der Waals surface area contributed by atoms with E-state index in [1.807, 2.05) is 6.92 Å². The third kappa shape index (κ3) is 2.84. The van der Waals surface area contributed by atoms with Gasteiger partial charge in [0.15, 0.2) is 0 Å². The maximum absolute atomic E-state index is 9.77. The summed E-state index contributed by atoms with van der Waals surface area (Å²) in [6.45, 7) is 2.82. The van der Waals surface area contributed by atoms with Gasteiger partial charge < -0.3 is 15.6 Å². The smallest absolute Gasteiger partial charge is 0.119 e. The highest BCUT2D eigenvalue weighted by Crippen LogP contribution is 2.31. The van der Waals surface area contributed by atoms with Crippen molar-refractivity contribution < 1.29 is 9.84 Å². The number of hydrogen-bond acceptors (Lipinski definition) is 3. The van der Waals surface area contributed by atoms with Gasteiger partial charge in [0.1, 0.15) is 5.75 Å². The van der Waals surface area contributed by atoms with Crippen LogP contribution in [0.4, 0.5) is 0 Å². The predicted molar refractivity (Wildman–Crippen MR) is 61.3 cm³/mol. The Morgan fingerprint density at radius 3 is 2.73 bits per heavy atom. The molecule has 0 bridgehead atoms. The van der Waals surface area contributed by atoms with E-state index < -0.39 is 0 Å². The second kappa shape index (κ2) is 5.35. The van der Waals surface area contributed by atoms with E-state index in [-0.39, 0.29) is 11.7 Å². The van der Waals surface area contributed by atoms with Gasteiger partial charge in [-0.2, -0.15) is 0 Å². The molecule has 0 spiro atoms. The molecule has 84 valence electrons. The zero-order valence-corrected chi connectivity index (χ0v) is 9.71. The maximum atomic E-state index is 9.77. The van der Waals surface area contributed by atoms with Crippen molar-refractivity contribution in [2.45, 2.75) is 19.4 Å². The Kier molecular flexibility index (Phi) is 4.39. The van der Waals surface area contributed by atoms with Gasteiger partial charge in [0.2, 0.25) is 0 Å². The first-order valence-electron chi connectivity index (χ1n) is 4.80. The number of halogens is 1. The van der Waals surface area contributed by atoms with Crippen LogP contribution in [-0.2, 0) is 11.3 Å². The van der Waals surface area contributed by atoms with E-state index in [0.717, 1.165) is 11.1 Å². The van der Waals surface area contributed by atoms with Gasteiger partial charge >= 0.3 is 0 Å². The zero-order valence-electron chi connectivity index (χ0n) is 8.96. The minimum absolute atomic E-state index is 0.0964. The second-order valence-electron chi connectivity index (χ2n) is 3.57. The van der Waals surface area contributed by atoms with Gasteiger partial charge in [0.25, 0.3) is 0 Å². The van der Waals surface area contributed by atoms with Gasteiger partial charge in [-0.3, -0.25) is 0 Å². The molecular weight excluding hydrogens is 214 g/mol. The highest BCUT2D eigenvalue weighted by molar-refractivity contribution is 6.31. The summed E-state index contributed by atoms with van der Waals surface area (Å²) in [5.74, 6) is 0.323. The minimum Gasteiger partial charge on any atom is -0.508 e. The van der Waals surface area contributed by atoms with Crippen molar-refractivity contribution in [1.82, 2.24) is 0 Å². The lowest BCUT2D eigenvalue weighted by atomic mass is 9.99. The summed E-state index contributed by atoms with van der Waals surface area (Å²) in [6, 6.07) is 3.39. The lowest BCUT2D eigenvalue weighted by molar-refractivity contribution is 0.184. The number of benzene rings is 1. The van der Waals surface area contributed by atoms with Crippen LogP contribution in [-0.4, -0.2) is 18.8 Å². The Morgan fingerprint density at radius 1 is 1.53 bits per heavy atom. The zero-order chi connectivity index (χ0) is 11.4. The lowest BCUT2D eigenvalue weighted by Crippen LogP contribution is -2.09. The molecule has 1 aromatic rings. The molecule has 3 nitrogen and oxygen atoms in total. The number of phenolic OH excluding ortho intramolecular Hbond substituents is 1. The van der Waals surface area contributed by atoms with E-state index in [0.29, 0.717) is 18.2 Å². The number of hydrogen-bond donors (Lipinski definition) is 2. The quantitative estimate of drug-likeness (QED) is 0.833. The molecule has 1 rings (SSSR count). The summed E-state index contributed by atoms with van der Waals surface area (Å²) in [5.41, 5.74) is 7.10. The molecule has 0 aliphatic carbocycles. The number of phenols is 1. The van der Waals surface area contributed by atoms with Crippen molar-refractivity contribution in [1.29, 1.82) is 0 Å². The fourth-order valence-corrected chi connectivity index (χ4v) is 1.63. The Bertz CT molecular complexity index is 342. The molecule has 0 saturated carbocycles. The molecule has 0 radical (unpaired) electrons. The second-order valence-corrected chi connectivity index (χ2v) is 3.98. The number of aromatic hydroxyl groups is 1. The highest BCUT2D eigenvalue weighted by Gasteiger charge is 2.12. The molecule has 0 saturated heterocycles. The van der Waals surface area contributed by atoms with Crippen LogP contribution in [0.2, 0.25) is 5.02 Å². The molecule has 3 N–H and O–H groups in total. The number of nitrogens with two attached hydrogens (primary N) is 1. The van der Waals surface area contributed by atoms with Gasteiger partial charge in [-0.1, -0.05) is 18.5 Å². The largest absolute Gasteiger partial charge is 0.508 e. The van der Waals surface area contributed by atoms with Crippen molar-refractivity contribution in [3.05, 3.63) is 28.3 Å². The first-order valence-corrected chi connectivity index (χ1v) is 5.18. The third-order valence-corrected chi connectivity index (χ3v) is 2.73. The van der Waals surface area contributed by atoms with E-state index >= 15 is 0 Å². The van der Waals surface area contributed by atoms with Crippen LogP contribution in [0.5, 0.6) is 5.75 Å². The Balaban J connectivity index is 3.07. The van der Waals surface area contributed by atoms with E-state index in [9.17, 15) is 5.11 Å². The maximum Gasteiger partial charge on any atom is 0.119 e. The van der Waals surface area contributed by atoms with Crippen LogP contribution in [0.1, 0.15) is 24.0 Å². The molecule has 0 aliphatic heterocycles. The van der Waals surface area contributed by atoms with Gasteiger partial charge in [0, 0.05) is 12.1 Å². The van der Waals surface area contributed by atoms with E-state index in [4.69, 9.17) is 22.1 Å². The minimum atomic E-state index is 0.0964. The Morgan fingerprint density at radius 2 is 2.20 bits per heavy atom. The van der Waals surface area contributed by atoms with Gasteiger partial charge in [-0.15, -0.1) is 0 Å². The van der Waals surface area contributed by atoms with E-state index in [1.165, 1.54) is 0 Å². The Labute approximate surface area is 94.8 Å². The highest BCUT2D eigenvalue weighted by atomic mass is 35.5. The lowest BCUT2D eigenvalue weighted by Gasteiger charge is -2.13. The first kappa shape index (κ1) is 12.3. The summed E-state index contributed by atoms with van der Waals surface area (Å²) >= 11 is 6.05. The van der Waals surface area contributed by atoms with Crippen LogP contribution in [0, 0.1) is 0 Å². The third-order valence-electron chi connectivity index (χ3n) is 2.38. The van der Waals surface area contributed by atoms with Crippen molar-refractivity contribution in [2.75, 3.05) is 13.7 Å². The van der Waals surface area contributed by atoms with Gasteiger partial charge in [-0.05, 0) is 35.7 Å². The summed E-state index contributed by atoms with van der Waals surface area (Å²) < 4.78 is 4.97. The van der Waals surface area contributed by atoms with Crippen molar-refractivity contribution in [3.8, 4) is 5.75 Å². The summed E-state index contributed by atoms with van der Waals surface area (Å²) in [4.78, 5) is 0. The molecule has 0 aromatic heterocycles. The molecule has 0 amide bonds. The van der Waals surface area contributed by atoms with E-state index in [2.05, 4.69) is 0 Å². The molecule has 15 heavy (non-hydrogen) atoms. The van der Waals surface area contributed by atoms with Crippen molar-refractivity contribution >= 4 is 11.6 Å². The standard InChI is InChI=1S/C11H16ClNO2/c1-7(5-13)9-4-10(12)8(6-15-2)3-11(9)14/h3-4,7,14H,5-6,13H2,1-2H3. The summed E-state index contributed by atoms with van der Waals surface area (Å²) in [7, 11) is 1.59. The average Bonchev–Trinajstić information content (AvgIpc) is 2.22. The monoisotopic (exact) mass is 229 g/mol. The average molecular weight is 230 g/mol. The Hall–Kier alpha value is -0.770. The fraction of sp³-hybridized carbons (Fsp3) is 0.455. The normalized spacial score (nSPS) is 12.8. The van der Waals surface area contributed by atoms with E-state index in [1.54, 1.807) is 19.2 Å². The molecular formula is C11H16ClNO2. The fourth-order valence-electron chi connectivity index (χ4n) is 1.41. The van der Waals surface area contributed by atoms with Crippen LogP contribution in [0.25, 0.3) is 0 Å². The van der Waals surface area contributed by atoms with Gasteiger partial charge in [0.05, 0.1) is 6.61 Å². The van der Waals surface area contributed by atoms with Gasteiger partial charge in [-0.25, -0.2) is 0 Å². The van der Waals surface area contributed by atoms with Crippen LogP contribution >= 0.6 is 11.6 Å². The van der Waals surface area contributed by atoms with Crippen molar-refractivity contribution in [3.63, 3.8) is 0 Å². The summed E-state index contributed by atoms with van der Waals surface area (Å²) in [5, 5.41) is 10.4. The molecule has 1 unspecified atom stereocenters. The van der Waals surface area contributed by atoms with Crippen LogP contribution < -0.4 is 5.73 Å². The summed E-state index contributed by atoms with van der Waals surface area (Å²) in [6.07, 6.45) is 0. The molecule has 4 heteroatoms. The predicted octanol–water partition coefficient (Wildman–Crippen LogP) is 2.25. The molecule has 0 heterocycles. The van der Waals surface area contributed by atoms with Crippen molar-refractivity contribution in [2.24, 2.45) is 5.73 Å². The number of rotatable bonds is 4. The molecule has 0 aliphatic rings. The van der Waals surface area contributed by atoms with Crippen LogP contribution in [0.15, 0.2) is 12.1 Å². The molecule has 0 fully saturated rings. The van der Waals surface area contributed by atoms with Crippen LogP contribution in [0.3, 0.4) is 0 Å². The number of methoxy groups -OCH3 is 1. The molecule has 1 aromatic carbocycles.